The highest BCUT2D eigenvalue weighted by atomic mass is 14.3. The number of rotatable bonds is 2. The van der Waals surface area contributed by atoms with E-state index in [0.717, 1.165) is 35.5 Å². The van der Waals surface area contributed by atoms with Crippen LogP contribution in [0.5, 0.6) is 0 Å². The van der Waals surface area contributed by atoms with Crippen LogP contribution in [-0.2, 0) is 0 Å². The molecule has 0 spiro atoms. The van der Waals surface area contributed by atoms with Gasteiger partial charge in [0.15, 0.2) is 0 Å². The average molecular weight is 477 g/mol. The van der Waals surface area contributed by atoms with Crippen molar-refractivity contribution in [3.05, 3.63) is 0 Å². The van der Waals surface area contributed by atoms with Gasteiger partial charge in [0.25, 0.3) is 0 Å². The predicted molar refractivity (Wildman–Crippen MR) is 157 cm³/mol. The van der Waals surface area contributed by atoms with Crippen LogP contribution in [0.1, 0.15) is 183 Å². The Morgan fingerprint density at radius 1 is 0.294 bits per heavy atom. The molecule has 0 bridgehead atoms. The molecule has 0 amide bonds. The molecule has 0 radical (unpaired) electrons. The van der Waals surface area contributed by atoms with Crippen LogP contribution in [0, 0.1) is 35.5 Å². The fourth-order valence-electron chi connectivity index (χ4n) is 7.34. The lowest BCUT2D eigenvalue weighted by Crippen LogP contribution is -2.24. The molecule has 0 saturated heterocycles. The van der Waals surface area contributed by atoms with E-state index in [1.165, 1.54) is 89.9 Å². The monoisotopic (exact) mass is 477 g/mol. The summed E-state index contributed by atoms with van der Waals surface area (Å²) in [6, 6.07) is 0. The zero-order valence-electron chi connectivity index (χ0n) is 25.0. The van der Waals surface area contributed by atoms with E-state index in [1.807, 2.05) is 27.7 Å². The first kappa shape index (κ1) is 32.0. The Balaban J connectivity index is 0.000000304. The molecule has 0 aromatic rings. The van der Waals surface area contributed by atoms with Crippen LogP contribution in [-0.4, -0.2) is 0 Å². The summed E-state index contributed by atoms with van der Waals surface area (Å²) >= 11 is 0. The van der Waals surface area contributed by atoms with E-state index in [9.17, 15) is 0 Å². The predicted octanol–water partition coefficient (Wildman–Crippen LogP) is 12.4. The van der Waals surface area contributed by atoms with Crippen LogP contribution >= 0.6 is 0 Å². The molecule has 0 heterocycles. The Kier molecular flexibility index (Phi) is 19.9. The lowest BCUT2D eigenvalue weighted by molar-refractivity contribution is 0.153. The minimum Gasteiger partial charge on any atom is -0.0683 e. The van der Waals surface area contributed by atoms with E-state index in [-0.39, 0.29) is 0 Å². The van der Waals surface area contributed by atoms with E-state index in [0.29, 0.717) is 0 Å². The van der Waals surface area contributed by atoms with Crippen molar-refractivity contribution in [1.29, 1.82) is 0 Å². The van der Waals surface area contributed by atoms with Gasteiger partial charge in [-0.3, -0.25) is 0 Å². The molecule has 0 aromatic carbocycles. The van der Waals surface area contributed by atoms with Gasteiger partial charge in [-0.25, -0.2) is 0 Å². The average Bonchev–Trinajstić information content (AvgIpc) is 2.77. The molecule has 0 N–H and O–H groups in total. The first-order chi connectivity index (χ1) is 16.7. The first-order valence-electron chi connectivity index (χ1n) is 16.7. The third-order valence-electron chi connectivity index (χ3n) is 9.65. The molecule has 2 atom stereocenters. The SMILES string of the molecule is CC.CC.CC1CCCC(C2CCCCCCC2)CCC1.CC1CCCCCC(C2CCC2)C1. The zero-order chi connectivity index (χ0) is 25.0. The van der Waals surface area contributed by atoms with Crippen molar-refractivity contribution in [2.24, 2.45) is 35.5 Å². The molecule has 4 saturated carbocycles. The Hall–Kier alpha value is 0. The lowest BCUT2D eigenvalue weighted by atomic mass is 9.69. The maximum absolute atomic E-state index is 2.47. The molecule has 4 fully saturated rings. The maximum Gasteiger partial charge on any atom is -0.0383 e. The van der Waals surface area contributed by atoms with Crippen LogP contribution in [0.2, 0.25) is 0 Å². The van der Waals surface area contributed by atoms with Gasteiger partial charge in [0.1, 0.15) is 0 Å². The summed E-state index contributed by atoms with van der Waals surface area (Å²) in [5.41, 5.74) is 0. The third-order valence-corrected chi connectivity index (χ3v) is 9.65. The molecule has 4 rings (SSSR count). The van der Waals surface area contributed by atoms with Gasteiger partial charge in [0.2, 0.25) is 0 Å². The van der Waals surface area contributed by atoms with Gasteiger partial charge in [-0.1, -0.05) is 176 Å². The molecule has 204 valence electrons. The van der Waals surface area contributed by atoms with Crippen molar-refractivity contribution >= 4 is 0 Å². The Bertz CT molecular complexity index is 404. The molecule has 0 aromatic heterocycles. The van der Waals surface area contributed by atoms with E-state index >= 15 is 0 Å². The second kappa shape index (κ2) is 21.1. The largest absolute Gasteiger partial charge is 0.0683 e. The van der Waals surface area contributed by atoms with Crippen LogP contribution in [0.25, 0.3) is 0 Å². The summed E-state index contributed by atoms with van der Waals surface area (Å²) in [4.78, 5) is 0. The third kappa shape index (κ3) is 13.3. The van der Waals surface area contributed by atoms with E-state index in [1.54, 1.807) is 51.4 Å². The lowest BCUT2D eigenvalue weighted by Gasteiger charge is -2.36. The normalized spacial score (nSPS) is 31.9. The standard InChI is InChI=1S/C17H32.C13H24.2C2H6/c1-15-9-7-13-17(14-8-10-15)16-11-5-3-2-4-6-12-16;1-11-6-3-2-4-7-13(10-11)12-8-5-9-12;2*1-2/h15-17H,2-14H2,1H3;11-13H,2-10H2,1H3;2*1-2H3. The topological polar surface area (TPSA) is 0 Å². The summed E-state index contributed by atoms with van der Waals surface area (Å²) < 4.78 is 0. The smallest absolute Gasteiger partial charge is 0.0383 e. The minimum absolute atomic E-state index is 1.01. The second-order valence-corrected chi connectivity index (χ2v) is 12.3. The van der Waals surface area contributed by atoms with Crippen LogP contribution in [0.3, 0.4) is 0 Å². The fourth-order valence-corrected chi connectivity index (χ4v) is 7.34. The minimum atomic E-state index is 1.01. The molecule has 4 aliphatic rings. The van der Waals surface area contributed by atoms with Crippen molar-refractivity contribution in [2.75, 3.05) is 0 Å². The molecule has 0 heteroatoms. The van der Waals surface area contributed by atoms with Crippen molar-refractivity contribution in [2.45, 2.75) is 183 Å². The van der Waals surface area contributed by atoms with Crippen LogP contribution in [0.15, 0.2) is 0 Å². The molecular formula is C34H68. The maximum atomic E-state index is 2.47. The van der Waals surface area contributed by atoms with Gasteiger partial charge >= 0.3 is 0 Å². The van der Waals surface area contributed by atoms with E-state index in [2.05, 4.69) is 13.8 Å². The summed E-state index contributed by atoms with van der Waals surface area (Å²) in [6.45, 7) is 12.9. The summed E-state index contributed by atoms with van der Waals surface area (Å²) in [6.07, 6.45) is 33.6. The van der Waals surface area contributed by atoms with Crippen LogP contribution < -0.4 is 0 Å². The highest BCUT2D eigenvalue weighted by Crippen LogP contribution is 2.41. The van der Waals surface area contributed by atoms with Crippen molar-refractivity contribution < 1.29 is 0 Å². The second-order valence-electron chi connectivity index (χ2n) is 12.3. The first-order valence-corrected chi connectivity index (χ1v) is 16.7. The number of hydrogen-bond acceptors (Lipinski definition) is 0. The van der Waals surface area contributed by atoms with Crippen LogP contribution in [0.4, 0.5) is 0 Å². The van der Waals surface area contributed by atoms with Gasteiger partial charge in [-0.15, -0.1) is 0 Å². The molecule has 0 nitrogen and oxygen atoms in total. The van der Waals surface area contributed by atoms with Gasteiger partial charge in [-0.2, -0.15) is 0 Å². The van der Waals surface area contributed by atoms with Crippen molar-refractivity contribution in [1.82, 2.24) is 0 Å². The Morgan fingerprint density at radius 3 is 1.09 bits per heavy atom. The van der Waals surface area contributed by atoms with Crippen molar-refractivity contribution in [3.63, 3.8) is 0 Å². The van der Waals surface area contributed by atoms with E-state index < -0.39 is 0 Å². The van der Waals surface area contributed by atoms with Gasteiger partial charge in [-0.05, 0) is 41.9 Å². The quantitative estimate of drug-likeness (QED) is 0.371. The Labute approximate surface area is 218 Å². The van der Waals surface area contributed by atoms with Gasteiger partial charge in [0.05, 0.1) is 0 Å². The van der Waals surface area contributed by atoms with Gasteiger partial charge in [0, 0.05) is 0 Å². The van der Waals surface area contributed by atoms with Gasteiger partial charge < -0.3 is 0 Å². The summed E-state index contributed by atoms with van der Waals surface area (Å²) in [5, 5.41) is 0. The number of hydrogen-bond donors (Lipinski definition) is 0. The summed E-state index contributed by atoms with van der Waals surface area (Å²) in [5.74, 6) is 6.48. The highest BCUT2D eigenvalue weighted by Gasteiger charge is 2.28. The highest BCUT2D eigenvalue weighted by molar-refractivity contribution is 4.80. The summed E-state index contributed by atoms with van der Waals surface area (Å²) in [7, 11) is 0. The molecular weight excluding hydrogens is 408 g/mol. The van der Waals surface area contributed by atoms with Crippen molar-refractivity contribution in [3.8, 4) is 0 Å². The zero-order valence-corrected chi connectivity index (χ0v) is 25.0. The molecule has 0 aliphatic heterocycles. The Morgan fingerprint density at radius 2 is 0.588 bits per heavy atom. The molecule has 4 aliphatic carbocycles. The van der Waals surface area contributed by atoms with E-state index in [4.69, 9.17) is 0 Å². The fraction of sp³-hybridized carbons (Fsp3) is 1.00. The molecule has 34 heavy (non-hydrogen) atoms. The molecule has 2 unspecified atom stereocenters.